The van der Waals surface area contributed by atoms with Crippen molar-refractivity contribution in [2.45, 2.75) is 44.4 Å². The minimum atomic E-state index is -0.208. The molecule has 0 unspecified atom stereocenters. The molecule has 2 saturated heterocycles. The van der Waals surface area contributed by atoms with E-state index in [1.165, 1.54) is 0 Å². The molecule has 3 aliphatic rings. The number of hydrogen-bond acceptors (Lipinski definition) is 4. The molecule has 2 amide bonds. The highest BCUT2D eigenvalue weighted by Gasteiger charge is 2.44. The van der Waals surface area contributed by atoms with E-state index in [2.05, 4.69) is 0 Å². The smallest absolute Gasteiger partial charge is 0.228 e. The zero-order valence-electron chi connectivity index (χ0n) is 17.6. The maximum absolute atomic E-state index is 13.4. The summed E-state index contributed by atoms with van der Waals surface area (Å²) in [4.78, 5) is 30.4. The van der Waals surface area contributed by atoms with Crippen molar-refractivity contribution in [1.82, 2.24) is 9.80 Å². The molecule has 1 saturated carbocycles. The van der Waals surface area contributed by atoms with Crippen LogP contribution in [0, 0.1) is 11.8 Å². The lowest BCUT2D eigenvalue weighted by Crippen LogP contribution is -2.38. The van der Waals surface area contributed by atoms with E-state index in [1.54, 1.807) is 14.2 Å². The molecule has 4 rings (SSSR count). The first-order valence-corrected chi connectivity index (χ1v) is 10.9. The Bertz CT molecular complexity index is 753. The summed E-state index contributed by atoms with van der Waals surface area (Å²) >= 11 is 0. The topological polar surface area (TPSA) is 59.1 Å². The lowest BCUT2D eigenvalue weighted by atomic mass is 9.87. The molecule has 0 bridgehead atoms. The van der Waals surface area contributed by atoms with Gasteiger partial charge in [-0.15, -0.1) is 0 Å². The van der Waals surface area contributed by atoms with Crippen LogP contribution in [0.25, 0.3) is 0 Å². The Kier molecular flexibility index (Phi) is 5.97. The highest BCUT2D eigenvalue weighted by atomic mass is 16.5. The van der Waals surface area contributed by atoms with Crippen molar-refractivity contribution in [3.05, 3.63) is 23.8 Å². The number of rotatable bonds is 5. The Labute approximate surface area is 173 Å². The lowest BCUT2D eigenvalue weighted by molar-refractivity contribution is -0.136. The minimum absolute atomic E-state index is 0.0469. The number of nitrogens with zero attached hydrogens (tertiary/aromatic N) is 2. The Morgan fingerprint density at radius 1 is 0.897 bits per heavy atom. The van der Waals surface area contributed by atoms with Crippen LogP contribution in [-0.4, -0.2) is 62.0 Å². The van der Waals surface area contributed by atoms with E-state index in [-0.39, 0.29) is 29.6 Å². The summed E-state index contributed by atoms with van der Waals surface area (Å²) in [5.74, 6) is 1.75. The first kappa shape index (κ1) is 20.0. The molecule has 1 aromatic carbocycles. The average Bonchev–Trinajstić information content (AvgIpc) is 3.53. The largest absolute Gasteiger partial charge is 0.497 e. The highest BCUT2D eigenvalue weighted by molar-refractivity contribution is 5.84. The second kappa shape index (κ2) is 8.64. The van der Waals surface area contributed by atoms with Gasteiger partial charge >= 0.3 is 0 Å². The van der Waals surface area contributed by atoms with Crippen LogP contribution >= 0.6 is 0 Å². The van der Waals surface area contributed by atoms with Crippen LogP contribution in [0.3, 0.4) is 0 Å². The number of benzene rings is 1. The van der Waals surface area contributed by atoms with Crippen LogP contribution in [0.15, 0.2) is 18.2 Å². The second-order valence-electron chi connectivity index (χ2n) is 8.58. The van der Waals surface area contributed by atoms with Gasteiger partial charge in [0.2, 0.25) is 11.8 Å². The summed E-state index contributed by atoms with van der Waals surface area (Å²) in [6, 6.07) is 5.78. The van der Waals surface area contributed by atoms with E-state index in [9.17, 15) is 9.59 Å². The normalized spacial score (nSPS) is 24.9. The number of hydrogen-bond donors (Lipinski definition) is 0. The number of likely N-dealkylation sites (tertiary alicyclic amines) is 2. The quantitative estimate of drug-likeness (QED) is 0.762. The van der Waals surface area contributed by atoms with Crippen molar-refractivity contribution in [1.29, 1.82) is 0 Å². The van der Waals surface area contributed by atoms with Gasteiger partial charge in [0.25, 0.3) is 0 Å². The Hall–Kier alpha value is -2.24. The van der Waals surface area contributed by atoms with Gasteiger partial charge in [-0.1, -0.05) is 18.9 Å². The number of ether oxygens (including phenoxy) is 2. The third kappa shape index (κ3) is 3.94. The fourth-order valence-corrected chi connectivity index (χ4v) is 5.28. The molecule has 2 atom stereocenters. The number of carbonyl (C=O) groups excluding carboxylic acids is 2. The molecule has 0 aromatic heterocycles. The Morgan fingerprint density at radius 3 is 2.28 bits per heavy atom. The molecule has 0 spiro atoms. The predicted octanol–water partition coefficient (Wildman–Crippen LogP) is 3.06. The van der Waals surface area contributed by atoms with Gasteiger partial charge in [-0.3, -0.25) is 9.59 Å². The third-order valence-corrected chi connectivity index (χ3v) is 6.91. The zero-order chi connectivity index (χ0) is 20.4. The molecule has 2 aliphatic heterocycles. The number of amides is 2. The maximum atomic E-state index is 13.4. The summed E-state index contributed by atoms with van der Waals surface area (Å²) in [6.45, 7) is 2.77. The first-order valence-electron chi connectivity index (χ1n) is 10.9. The van der Waals surface area contributed by atoms with Crippen LogP contribution in [-0.2, 0) is 9.59 Å². The summed E-state index contributed by atoms with van der Waals surface area (Å²) < 4.78 is 11.0. The van der Waals surface area contributed by atoms with Crippen molar-refractivity contribution in [2.24, 2.45) is 11.8 Å². The first-order chi connectivity index (χ1) is 14.1. The van der Waals surface area contributed by atoms with Gasteiger partial charge in [0.05, 0.1) is 20.1 Å². The van der Waals surface area contributed by atoms with E-state index in [0.717, 1.165) is 68.7 Å². The van der Waals surface area contributed by atoms with Gasteiger partial charge in [0.15, 0.2) is 0 Å². The summed E-state index contributed by atoms with van der Waals surface area (Å²) in [5, 5.41) is 0. The molecule has 6 nitrogen and oxygen atoms in total. The molecule has 6 heteroatoms. The van der Waals surface area contributed by atoms with Crippen LogP contribution in [0.2, 0.25) is 0 Å². The van der Waals surface area contributed by atoms with Crippen LogP contribution in [0.4, 0.5) is 0 Å². The monoisotopic (exact) mass is 400 g/mol. The van der Waals surface area contributed by atoms with Crippen molar-refractivity contribution < 1.29 is 19.1 Å². The van der Waals surface area contributed by atoms with E-state index < -0.39 is 0 Å². The molecular weight excluding hydrogens is 368 g/mol. The van der Waals surface area contributed by atoms with Gasteiger partial charge in [-0.25, -0.2) is 0 Å². The van der Waals surface area contributed by atoms with Crippen LogP contribution in [0.5, 0.6) is 11.5 Å². The van der Waals surface area contributed by atoms with Crippen LogP contribution in [0.1, 0.15) is 50.0 Å². The Balaban J connectivity index is 1.62. The third-order valence-electron chi connectivity index (χ3n) is 6.91. The molecule has 1 aliphatic carbocycles. The molecule has 0 N–H and O–H groups in total. The van der Waals surface area contributed by atoms with Crippen molar-refractivity contribution in [3.8, 4) is 11.5 Å². The molecule has 0 radical (unpaired) electrons. The standard InChI is InChI=1S/C23H32N2O4/c1-28-17-9-10-18(21(13-17)29-2)19-14-25(22(26)16-7-3-4-8-16)15-20(19)23(27)24-11-5-6-12-24/h9-10,13,16,19-20H,3-8,11-12,14-15H2,1-2H3/t19-,20+/m1/s1. The van der Waals surface area contributed by atoms with Crippen molar-refractivity contribution >= 4 is 11.8 Å². The molecule has 158 valence electrons. The number of carbonyl (C=O) groups is 2. The Morgan fingerprint density at radius 2 is 1.62 bits per heavy atom. The fourth-order valence-electron chi connectivity index (χ4n) is 5.28. The van der Waals surface area contributed by atoms with E-state index in [4.69, 9.17) is 9.47 Å². The predicted molar refractivity (Wildman–Crippen MR) is 110 cm³/mol. The zero-order valence-corrected chi connectivity index (χ0v) is 17.6. The average molecular weight is 401 g/mol. The van der Waals surface area contributed by atoms with Crippen LogP contribution < -0.4 is 9.47 Å². The van der Waals surface area contributed by atoms with Gasteiger partial charge in [-0.05, 0) is 31.7 Å². The highest BCUT2D eigenvalue weighted by Crippen LogP contribution is 2.41. The summed E-state index contributed by atoms with van der Waals surface area (Å²) in [6.07, 6.45) is 6.37. The second-order valence-corrected chi connectivity index (χ2v) is 8.58. The number of methoxy groups -OCH3 is 2. The molecule has 3 fully saturated rings. The van der Waals surface area contributed by atoms with Crippen molar-refractivity contribution in [3.63, 3.8) is 0 Å². The van der Waals surface area contributed by atoms with Crippen molar-refractivity contribution in [2.75, 3.05) is 40.4 Å². The molecule has 2 heterocycles. The van der Waals surface area contributed by atoms with Gasteiger partial charge in [-0.2, -0.15) is 0 Å². The maximum Gasteiger partial charge on any atom is 0.228 e. The summed E-state index contributed by atoms with van der Waals surface area (Å²) in [5.41, 5.74) is 0.993. The van der Waals surface area contributed by atoms with E-state index >= 15 is 0 Å². The van der Waals surface area contributed by atoms with Gasteiger partial charge in [0, 0.05) is 49.6 Å². The van der Waals surface area contributed by atoms with Gasteiger partial charge in [0.1, 0.15) is 11.5 Å². The van der Waals surface area contributed by atoms with E-state index in [0.29, 0.717) is 13.1 Å². The summed E-state index contributed by atoms with van der Waals surface area (Å²) in [7, 11) is 3.28. The van der Waals surface area contributed by atoms with E-state index in [1.807, 2.05) is 28.0 Å². The van der Waals surface area contributed by atoms with Gasteiger partial charge < -0.3 is 19.3 Å². The molecule has 29 heavy (non-hydrogen) atoms. The lowest BCUT2D eigenvalue weighted by Gasteiger charge is -2.25. The molecular formula is C23H32N2O4. The minimum Gasteiger partial charge on any atom is -0.497 e. The molecule has 1 aromatic rings. The SMILES string of the molecule is COc1ccc([C@H]2CN(C(=O)C3CCCC3)C[C@@H]2C(=O)N2CCCC2)c(OC)c1. The fraction of sp³-hybridized carbons (Fsp3) is 0.652.